The third-order valence-corrected chi connectivity index (χ3v) is 5.91. The number of nitrogens with one attached hydrogen (secondary N) is 1. The van der Waals surface area contributed by atoms with Gasteiger partial charge in [0.25, 0.3) is 5.91 Å². The van der Waals surface area contributed by atoms with Crippen molar-refractivity contribution in [2.24, 2.45) is 7.05 Å². The first-order valence-electron chi connectivity index (χ1n) is 11.5. The number of fused-ring (bicyclic) bond motifs is 1. The van der Waals surface area contributed by atoms with Gasteiger partial charge in [0.05, 0.1) is 11.1 Å². The summed E-state index contributed by atoms with van der Waals surface area (Å²) in [6.07, 6.45) is 1.46. The van der Waals surface area contributed by atoms with Crippen molar-refractivity contribution in [1.29, 1.82) is 0 Å². The van der Waals surface area contributed by atoms with Crippen LogP contribution in [0.4, 0.5) is 17.3 Å². The quantitative estimate of drug-likeness (QED) is 0.279. The Balaban J connectivity index is 1.58. The first-order valence-corrected chi connectivity index (χ1v) is 11.5. The first kappa shape index (κ1) is 23.6. The summed E-state index contributed by atoms with van der Waals surface area (Å²) in [6, 6.07) is 20.4. The molecule has 2 aromatic carbocycles. The van der Waals surface area contributed by atoms with Crippen LogP contribution in [-0.4, -0.2) is 25.4 Å². The van der Waals surface area contributed by atoms with Crippen LogP contribution >= 0.6 is 0 Å². The van der Waals surface area contributed by atoms with E-state index in [1.807, 2.05) is 60.1 Å². The lowest BCUT2D eigenvalue weighted by Crippen LogP contribution is -2.11. The summed E-state index contributed by atoms with van der Waals surface area (Å²) < 4.78 is 7.85. The zero-order chi connectivity index (χ0) is 26.1. The molecule has 0 fully saturated rings. The van der Waals surface area contributed by atoms with Crippen LogP contribution in [0.15, 0.2) is 85.2 Å². The van der Waals surface area contributed by atoms with Crippen molar-refractivity contribution in [1.82, 2.24) is 19.5 Å². The second kappa shape index (κ2) is 9.46. The van der Waals surface area contributed by atoms with E-state index in [0.717, 1.165) is 27.8 Å². The minimum Gasteiger partial charge on any atom is -0.439 e. The number of aryl methyl sites for hydroxylation is 1. The number of ether oxygens (including phenoxy) is 1. The van der Waals surface area contributed by atoms with Gasteiger partial charge in [-0.15, -0.1) is 0 Å². The summed E-state index contributed by atoms with van der Waals surface area (Å²) in [7, 11) is 1.94. The molecule has 37 heavy (non-hydrogen) atoms. The Kier molecular flexibility index (Phi) is 6.02. The fraction of sp³-hybridized carbons (Fsp3) is 0.0714. The van der Waals surface area contributed by atoms with Crippen LogP contribution in [-0.2, 0) is 11.8 Å². The van der Waals surface area contributed by atoms with Gasteiger partial charge in [-0.3, -0.25) is 4.79 Å². The number of aromatic nitrogens is 4. The number of amides is 1. The van der Waals surface area contributed by atoms with Crippen LogP contribution in [0.5, 0.6) is 11.6 Å². The third-order valence-electron chi connectivity index (χ3n) is 5.91. The SMILES string of the molecule is C=C(C)C(=O)Nc1ccc(-c2c(-c3ccc(Oc4cccc(N)n4)cc3)c3c(N)ncnc3n2C)cc1. The van der Waals surface area contributed by atoms with Gasteiger partial charge in [-0.05, 0) is 48.4 Å². The molecule has 0 saturated heterocycles. The number of nitrogen functional groups attached to an aromatic ring is 2. The van der Waals surface area contributed by atoms with Crippen molar-refractivity contribution in [2.75, 3.05) is 16.8 Å². The first-order chi connectivity index (χ1) is 17.8. The maximum atomic E-state index is 12.0. The Morgan fingerprint density at radius 2 is 1.68 bits per heavy atom. The highest BCUT2D eigenvalue weighted by Gasteiger charge is 2.22. The second-order valence-electron chi connectivity index (χ2n) is 8.58. The maximum absolute atomic E-state index is 12.0. The van der Waals surface area contributed by atoms with Gasteiger partial charge in [0.15, 0.2) is 0 Å². The molecule has 0 aliphatic rings. The fourth-order valence-electron chi connectivity index (χ4n) is 4.14. The van der Waals surface area contributed by atoms with Gasteiger partial charge in [-0.2, -0.15) is 4.98 Å². The number of anilines is 3. The van der Waals surface area contributed by atoms with Crippen LogP contribution in [0.3, 0.4) is 0 Å². The van der Waals surface area contributed by atoms with Gasteiger partial charge >= 0.3 is 0 Å². The number of carbonyl (C=O) groups is 1. The lowest BCUT2D eigenvalue weighted by Gasteiger charge is -2.11. The molecular formula is C28H25N7O2. The van der Waals surface area contributed by atoms with Crippen molar-refractivity contribution < 1.29 is 9.53 Å². The summed E-state index contributed by atoms with van der Waals surface area (Å²) in [4.78, 5) is 24.9. The number of pyridine rings is 1. The molecule has 9 heteroatoms. The third kappa shape index (κ3) is 4.57. The molecular weight excluding hydrogens is 466 g/mol. The molecule has 0 bridgehead atoms. The Morgan fingerprint density at radius 1 is 0.973 bits per heavy atom. The van der Waals surface area contributed by atoms with Crippen molar-refractivity contribution >= 4 is 34.3 Å². The highest BCUT2D eigenvalue weighted by Crippen LogP contribution is 2.42. The number of nitrogens with two attached hydrogens (primary N) is 2. The van der Waals surface area contributed by atoms with Crippen LogP contribution in [0.2, 0.25) is 0 Å². The average Bonchev–Trinajstić information content (AvgIpc) is 3.18. The van der Waals surface area contributed by atoms with Crippen LogP contribution in [0, 0.1) is 0 Å². The number of rotatable bonds is 6. The zero-order valence-corrected chi connectivity index (χ0v) is 20.4. The monoisotopic (exact) mass is 491 g/mol. The van der Waals surface area contributed by atoms with Crippen LogP contribution in [0.25, 0.3) is 33.4 Å². The summed E-state index contributed by atoms with van der Waals surface area (Å²) in [6.45, 7) is 5.35. The Labute approximate surface area is 213 Å². The molecule has 3 heterocycles. The molecule has 9 nitrogen and oxygen atoms in total. The number of hydrogen-bond donors (Lipinski definition) is 3. The van der Waals surface area contributed by atoms with Gasteiger partial charge in [0, 0.05) is 29.9 Å². The molecule has 0 aliphatic carbocycles. The molecule has 0 radical (unpaired) electrons. The maximum Gasteiger partial charge on any atom is 0.250 e. The number of carbonyl (C=O) groups excluding carboxylic acids is 1. The molecule has 0 spiro atoms. The zero-order valence-electron chi connectivity index (χ0n) is 20.4. The van der Waals surface area contributed by atoms with Gasteiger partial charge in [-0.25, -0.2) is 9.97 Å². The molecule has 5 N–H and O–H groups in total. The molecule has 184 valence electrons. The molecule has 3 aromatic heterocycles. The van der Waals surface area contributed by atoms with Crippen molar-refractivity contribution in [3.63, 3.8) is 0 Å². The van der Waals surface area contributed by atoms with Gasteiger partial charge in [0.1, 0.15) is 29.4 Å². The largest absolute Gasteiger partial charge is 0.439 e. The Hall–Kier alpha value is -5.18. The minimum absolute atomic E-state index is 0.225. The van der Waals surface area contributed by atoms with E-state index in [9.17, 15) is 4.79 Å². The van der Waals surface area contributed by atoms with Gasteiger partial charge in [-0.1, -0.05) is 36.9 Å². The molecule has 0 aliphatic heterocycles. The van der Waals surface area contributed by atoms with E-state index in [1.54, 1.807) is 25.1 Å². The highest BCUT2D eigenvalue weighted by atomic mass is 16.5. The number of benzene rings is 2. The van der Waals surface area contributed by atoms with E-state index in [4.69, 9.17) is 16.2 Å². The van der Waals surface area contributed by atoms with E-state index in [-0.39, 0.29) is 5.91 Å². The molecule has 0 atom stereocenters. The molecule has 0 unspecified atom stereocenters. The number of nitrogens with zero attached hydrogens (tertiary/aromatic N) is 4. The van der Waals surface area contributed by atoms with Crippen LogP contribution < -0.4 is 21.5 Å². The fourth-order valence-corrected chi connectivity index (χ4v) is 4.14. The minimum atomic E-state index is -0.225. The van der Waals surface area contributed by atoms with E-state index in [0.29, 0.717) is 40.2 Å². The lowest BCUT2D eigenvalue weighted by atomic mass is 9.98. The lowest BCUT2D eigenvalue weighted by molar-refractivity contribution is -0.112. The van der Waals surface area contributed by atoms with Gasteiger partial charge < -0.3 is 26.1 Å². The smallest absolute Gasteiger partial charge is 0.250 e. The Morgan fingerprint density at radius 3 is 2.35 bits per heavy atom. The van der Waals surface area contributed by atoms with Crippen molar-refractivity contribution in [3.8, 4) is 34.0 Å². The summed E-state index contributed by atoms with van der Waals surface area (Å²) >= 11 is 0. The van der Waals surface area contributed by atoms with Gasteiger partial charge in [0.2, 0.25) is 5.88 Å². The number of hydrogen-bond acceptors (Lipinski definition) is 7. The molecule has 5 rings (SSSR count). The summed E-state index contributed by atoms with van der Waals surface area (Å²) in [5.74, 6) is 1.57. The van der Waals surface area contributed by atoms with E-state index >= 15 is 0 Å². The topological polar surface area (TPSA) is 134 Å². The van der Waals surface area contributed by atoms with Crippen LogP contribution in [0.1, 0.15) is 6.92 Å². The second-order valence-corrected chi connectivity index (χ2v) is 8.58. The van der Waals surface area contributed by atoms with E-state index in [1.165, 1.54) is 6.33 Å². The summed E-state index contributed by atoms with van der Waals surface area (Å²) in [5, 5.41) is 3.59. The normalized spacial score (nSPS) is 10.9. The Bertz CT molecular complexity index is 1640. The summed E-state index contributed by atoms with van der Waals surface area (Å²) in [5.41, 5.74) is 17.6. The predicted octanol–water partition coefficient (Wildman–Crippen LogP) is 5.17. The van der Waals surface area contributed by atoms with Crippen molar-refractivity contribution in [2.45, 2.75) is 6.92 Å². The van der Waals surface area contributed by atoms with E-state index < -0.39 is 0 Å². The predicted molar refractivity (Wildman–Crippen MR) is 146 cm³/mol. The molecule has 1 amide bonds. The van der Waals surface area contributed by atoms with E-state index in [2.05, 4.69) is 26.8 Å². The standard InChI is InChI=1S/C28H25N7O2/c1-16(2)28(36)33-19-11-7-18(8-12-19)25-23(24-26(30)31-15-32-27(24)35(25)3)17-9-13-20(14-10-17)37-22-6-4-5-21(29)34-22/h4-15H,1H2,2-3H3,(H2,29,34)(H,33,36)(H2,30,31,32). The average molecular weight is 492 g/mol. The molecule has 5 aromatic rings. The van der Waals surface area contributed by atoms with Crippen molar-refractivity contribution in [3.05, 3.63) is 85.2 Å². The highest BCUT2D eigenvalue weighted by molar-refractivity contribution is 6.08. The molecule has 0 saturated carbocycles.